The number of pyridine rings is 2. The summed E-state index contributed by atoms with van der Waals surface area (Å²) in [7, 11) is 0. The highest BCUT2D eigenvalue weighted by Gasteiger charge is 2.16. The Balaban J connectivity index is 1.28. The van der Waals surface area contributed by atoms with E-state index in [1.54, 1.807) is 0 Å². The van der Waals surface area contributed by atoms with Gasteiger partial charge in [-0.15, -0.1) is 0 Å². The van der Waals surface area contributed by atoms with Crippen LogP contribution in [0.25, 0.3) is 44.2 Å². The van der Waals surface area contributed by atoms with E-state index in [2.05, 4.69) is 63.8 Å². The molecule has 0 saturated carbocycles. The zero-order valence-corrected chi connectivity index (χ0v) is 18.1. The van der Waals surface area contributed by atoms with Gasteiger partial charge in [0.25, 0.3) is 0 Å². The molecule has 0 unspecified atom stereocenters. The zero-order chi connectivity index (χ0) is 21.8. The average Bonchev–Trinajstić information content (AvgIpc) is 3.44. The van der Waals surface area contributed by atoms with Gasteiger partial charge in [0.1, 0.15) is 5.52 Å². The van der Waals surface area contributed by atoms with Crippen molar-refractivity contribution in [1.82, 2.24) is 20.3 Å². The SMILES string of the molecule is c1cnc2ccc(Cc3coc4ccc(-c5ccc6[nH]c7c(c6c5)CNCC7)nc34)cc2c1. The van der Waals surface area contributed by atoms with Crippen molar-refractivity contribution in [2.45, 2.75) is 19.4 Å². The lowest BCUT2D eigenvalue weighted by Crippen LogP contribution is -2.22. The van der Waals surface area contributed by atoms with Crippen molar-refractivity contribution in [2.24, 2.45) is 0 Å². The Morgan fingerprint density at radius 1 is 1.00 bits per heavy atom. The van der Waals surface area contributed by atoms with Crippen LogP contribution in [0.4, 0.5) is 0 Å². The molecule has 7 rings (SSSR count). The minimum Gasteiger partial charge on any atom is -0.462 e. The third-order valence-corrected chi connectivity index (χ3v) is 6.70. The predicted molar refractivity (Wildman–Crippen MR) is 131 cm³/mol. The van der Waals surface area contributed by atoms with Crippen LogP contribution in [0.2, 0.25) is 0 Å². The molecule has 5 heteroatoms. The fraction of sp³-hybridized carbons (Fsp3) is 0.143. The van der Waals surface area contributed by atoms with Gasteiger partial charge in [-0.3, -0.25) is 4.98 Å². The van der Waals surface area contributed by atoms with E-state index in [0.717, 1.165) is 64.8 Å². The van der Waals surface area contributed by atoms with E-state index in [1.165, 1.54) is 27.7 Å². The largest absolute Gasteiger partial charge is 0.462 e. The van der Waals surface area contributed by atoms with E-state index in [1.807, 2.05) is 24.6 Å². The van der Waals surface area contributed by atoms with Crippen LogP contribution in [-0.4, -0.2) is 21.5 Å². The van der Waals surface area contributed by atoms with Gasteiger partial charge in [0.05, 0.1) is 17.5 Å². The average molecular weight is 431 g/mol. The molecule has 5 nitrogen and oxygen atoms in total. The Morgan fingerprint density at radius 2 is 2.00 bits per heavy atom. The van der Waals surface area contributed by atoms with Crippen molar-refractivity contribution >= 4 is 32.9 Å². The molecule has 1 aliphatic heterocycles. The number of furan rings is 1. The fourth-order valence-corrected chi connectivity index (χ4v) is 5.01. The fourth-order valence-electron chi connectivity index (χ4n) is 5.01. The third kappa shape index (κ3) is 3.12. The Bertz CT molecular complexity index is 1660. The number of hydrogen-bond acceptors (Lipinski definition) is 4. The van der Waals surface area contributed by atoms with Crippen molar-refractivity contribution in [3.63, 3.8) is 0 Å². The number of fused-ring (bicyclic) bond motifs is 5. The molecule has 4 aromatic heterocycles. The Kier molecular flexibility index (Phi) is 4.11. The summed E-state index contributed by atoms with van der Waals surface area (Å²) in [6.45, 7) is 1.94. The van der Waals surface area contributed by atoms with Gasteiger partial charge in [-0.25, -0.2) is 4.98 Å². The van der Waals surface area contributed by atoms with E-state index < -0.39 is 0 Å². The smallest absolute Gasteiger partial charge is 0.152 e. The van der Waals surface area contributed by atoms with E-state index in [-0.39, 0.29) is 0 Å². The summed E-state index contributed by atoms with van der Waals surface area (Å²) < 4.78 is 5.84. The molecule has 0 bridgehead atoms. The summed E-state index contributed by atoms with van der Waals surface area (Å²) in [5.74, 6) is 0. The van der Waals surface area contributed by atoms with Crippen LogP contribution >= 0.6 is 0 Å². The molecule has 33 heavy (non-hydrogen) atoms. The minimum atomic E-state index is 0.768. The molecule has 0 fully saturated rings. The molecule has 0 atom stereocenters. The normalized spacial score (nSPS) is 13.7. The third-order valence-electron chi connectivity index (χ3n) is 6.70. The molecule has 2 aromatic carbocycles. The van der Waals surface area contributed by atoms with Crippen molar-refractivity contribution in [3.8, 4) is 11.3 Å². The van der Waals surface area contributed by atoms with Crippen molar-refractivity contribution in [1.29, 1.82) is 0 Å². The molecule has 1 aliphatic rings. The first-order chi connectivity index (χ1) is 16.3. The molecule has 0 radical (unpaired) electrons. The van der Waals surface area contributed by atoms with Crippen molar-refractivity contribution in [3.05, 3.63) is 95.5 Å². The number of benzene rings is 2. The topological polar surface area (TPSA) is 66.7 Å². The number of H-pyrrole nitrogens is 1. The molecule has 0 saturated heterocycles. The second-order valence-electron chi connectivity index (χ2n) is 8.78. The first kappa shape index (κ1) is 18.6. The number of aromatic nitrogens is 3. The monoisotopic (exact) mass is 430 g/mol. The lowest BCUT2D eigenvalue weighted by molar-refractivity contribution is 0.611. The van der Waals surface area contributed by atoms with Gasteiger partial charge >= 0.3 is 0 Å². The molecule has 5 heterocycles. The lowest BCUT2D eigenvalue weighted by atomic mass is 10.0. The molecule has 0 amide bonds. The summed E-state index contributed by atoms with van der Waals surface area (Å²) in [6, 6.07) is 21.2. The van der Waals surface area contributed by atoms with Crippen LogP contribution in [0.5, 0.6) is 0 Å². The van der Waals surface area contributed by atoms with E-state index in [4.69, 9.17) is 9.40 Å². The van der Waals surface area contributed by atoms with Crippen LogP contribution in [0.1, 0.15) is 22.4 Å². The van der Waals surface area contributed by atoms with Gasteiger partial charge in [0, 0.05) is 65.2 Å². The van der Waals surface area contributed by atoms with Crippen LogP contribution < -0.4 is 5.32 Å². The summed E-state index contributed by atoms with van der Waals surface area (Å²) in [5.41, 5.74) is 11.1. The summed E-state index contributed by atoms with van der Waals surface area (Å²) in [4.78, 5) is 13.0. The van der Waals surface area contributed by atoms with E-state index >= 15 is 0 Å². The highest BCUT2D eigenvalue weighted by atomic mass is 16.3. The van der Waals surface area contributed by atoms with Crippen LogP contribution in [-0.2, 0) is 19.4 Å². The molecule has 2 N–H and O–H groups in total. The number of rotatable bonds is 3. The maximum Gasteiger partial charge on any atom is 0.152 e. The molecule has 0 aliphatic carbocycles. The lowest BCUT2D eigenvalue weighted by Gasteiger charge is -2.12. The molecule has 160 valence electrons. The molecular formula is C28H22N4O. The summed E-state index contributed by atoms with van der Waals surface area (Å²) >= 11 is 0. The summed E-state index contributed by atoms with van der Waals surface area (Å²) in [6.07, 6.45) is 5.48. The number of hydrogen-bond donors (Lipinski definition) is 2. The molecule has 6 aromatic rings. The highest BCUT2D eigenvalue weighted by Crippen LogP contribution is 2.31. The zero-order valence-electron chi connectivity index (χ0n) is 18.1. The van der Waals surface area contributed by atoms with Gasteiger partial charge in [-0.2, -0.15) is 0 Å². The number of nitrogens with one attached hydrogen (secondary N) is 2. The second kappa shape index (κ2) is 7.29. The Hall–Kier alpha value is -3.96. The van der Waals surface area contributed by atoms with Gasteiger partial charge in [-0.1, -0.05) is 18.2 Å². The quantitative estimate of drug-likeness (QED) is 0.375. The maximum absolute atomic E-state index is 5.84. The Labute approximate surface area is 190 Å². The van der Waals surface area contributed by atoms with Gasteiger partial charge < -0.3 is 14.7 Å². The molecular weight excluding hydrogens is 408 g/mol. The van der Waals surface area contributed by atoms with E-state index in [0.29, 0.717) is 0 Å². The first-order valence-electron chi connectivity index (χ1n) is 11.4. The van der Waals surface area contributed by atoms with Crippen LogP contribution in [0, 0.1) is 0 Å². The molecule has 0 spiro atoms. The van der Waals surface area contributed by atoms with Gasteiger partial charge in [0.2, 0.25) is 0 Å². The maximum atomic E-state index is 5.84. The van der Waals surface area contributed by atoms with Gasteiger partial charge in [-0.05, 0) is 53.6 Å². The first-order valence-corrected chi connectivity index (χ1v) is 11.4. The second-order valence-corrected chi connectivity index (χ2v) is 8.78. The van der Waals surface area contributed by atoms with Gasteiger partial charge in [0.15, 0.2) is 5.58 Å². The minimum absolute atomic E-state index is 0.768. The van der Waals surface area contributed by atoms with Crippen molar-refractivity contribution in [2.75, 3.05) is 6.54 Å². The predicted octanol–water partition coefficient (Wildman–Crippen LogP) is 5.76. The van der Waals surface area contributed by atoms with Crippen LogP contribution in [0.3, 0.4) is 0 Å². The Morgan fingerprint density at radius 3 is 3.00 bits per heavy atom. The van der Waals surface area contributed by atoms with E-state index in [9.17, 15) is 0 Å². The highest BCUT2D eigenvalue weighted by molar-refractivity contribution is 5.90. The number of aromatic amines is 1. The van der Waals surface area contributed by atoms with Crippen LogP contribution in [0.15, 0.2) is 77.5 Å². The standard InChI is InChI=1S/C28H22N4O/c1-2-18-12-17(3-5-23(18)30-10-1)13-20-16-33-27-8-7-24(32-28(20)27)19-4-6-25-21(14-19)22-15-29-11-9-26(22)31-25/h1-8,10,12,14,16,29,31H,9,11,13,15H2. The van der Waals surface area contributed by atoms with Crippen molar-refractivity contribution < 1.29 is 4.42 Å². The number of nitrogens with zero attached hydrogens (tertiary/aromatic N) is 2. The summed E-state index contributed by atoms with van der Waals surface area (Å²) in [5, 5.41) is 5.92.